The lowest BCUT2D eigenvalue weighted by Gasteiger charge is -2.26. The topological polar surface area (TPSA) is 147 Å². The van der Waals surface area contributed by atoms with Crippen molar-refractivity contribution >= 4 is 35.3 Å². The number of carboxylic acids is 1. The predicted molar refractivity (Wildman–Crippen MR) is 168 cm³/mol. The molecule has 1 unspecified atom stereocenters. The Bertz CT molecular complexity index is 1540. The van der Waals surface area contributed by atoms with Gasteiger partial charge < -0.3 is 39.8 Å². The first kappa shape index (κ1) is 32.6. The summed E-state index contributed by atoms with van der Waals surface area (Å²) in [5, 5.41) is 15.3. The Balaban J connectivity index is 1.66. The molecule has 12 heteroatoms. The number of carbonyl (C=O) groups excluding carboxylic acids is 3. The number of ether oxygens (including phenoxy) is 3. The molecule has 1 fully saturated rings. The number of anilines is 2. The highest BCUT2D eigenvalue weighted by Crippen LogP contribution is 2.32. The summed E-state index contributed by atoms with van der Waals surface area (Å²) < 4.78 is 15.5. The van der Waals surface area contributed by atoms with E-state index >= 15 is 0 Å². The Morgan fingerprint density at radius 2 is 1.51 bits per heavy atom. The minimum atomic E-state index is -1.05. The van der Waals surface area contributed by atoms with E-state index in [2.05, 4.69) is 10.6 Å². The number of nitrogens with one attached hydrogen (secondary N) is 2. The van der Waals surface area contributed by atoms with Crippen LogP contribution in [0.2, 0.25) is 0 Å². The largest absolute Gasteiger partial charge is 0.493 e. The number of aryl methyl sites for hydroxylation is 1. The van der Waals surface area contributed by atoms with Crippen LogP contribution < -0.4 is 25.0 Å². The van der Waals surface area contributed by atoms with Crippen molar-refractivity contribution in [1.82, 2.24) is 10.2 Å². The number of carbonyl (C=O) groups is 4. The van der Waals surface area contributed by atoms with Crippen LogP contribution in [-0.2, 0) is 9.53 Å². The number of amides is 3. The Morgan fingerprint density at radius 3 is 2.18 bits per heavy atom. The van der Waals surface area contributed by atoms with Crippen molar-refractivity contribution in [3.8, 4) is 11.5 Å². The van der Waals surface area contributed by atoms with Gasteiger partial charge in [-0.15, -0.1) is 0 Å². The van der Waals surface area contributed by atoms with Crippen LogP contribution in [0.4, 0.5) is 16.2 Å². The minimum Gasteiger partial charge on any atom is -0.493 e. The van der Waals surface area contributed by atoms with Crippen molar-refractivity contribution in [3.05, 3.63) is 82.9 Å². The third-order valence-corrected chi connectivity index (χ3v) is 7.59. The number of hydrogen-bond acceptors (Lipinski definition) is 8. The molecule has 1 saturated heterocycles. The highest BCUT2D eigenvalue weighted by Gasteiger charge is 2.24. The minimum absolute atomic E-state index is 0.231. The molecule has 0 saturated carbocycles. The number of aliphatic carboxylic acids is 1. The zero-order chi connectivity index (χ0) is 32.5. The Morgan fingerprint density at radius 1 is 0.822 bits per heavy atom. The van der Waals surface area contributed by atoms with Crippen LogP contribution in [0.1, 0.15) is 50.7 Å². The van der Waals surface area contributed by atoms with E-state index in [0.29, 0.717) is 66.6 Å². The summed E-state index contributed by atoms with van der Waals surface area (Å²) in [4.78, 5) is 54.5. The van der Waals surface area contributed by atoms with E-state index in [1.807, 2.05) is 24.0 Å². The third-order valence-electron chi connectivity index (χ3n) is 7.59. The average Bonchev–Trinajstić information content (AvgIpc) is 3.30. The Kier molecular flexibility index (Phi) is 10.9. The van der Waals surface area contributed by atoms with Gasteiger partial charge in [-0.05, 0) is 55.3 Å². The maximum atomic E-state index is 13.5. The third kappa shape index (κ3) is 8.22. The van der Waals surface area contributed by atoms with Crippen molar-refractivity contribution in [1.29, 1.82) is 0 Å². The first-order chi connectivity index (χ1) is 21.6. The van der Waals surface area contributed by atoms with Crippen LogP contribution in [0.5, 0.6) is 11.5 Å². The van der Waals surface area contributed by atoms with Gasteiger partial charge >= 0.3 is 12.1 Å². The second-order valence-corrected chi connectivity index (χ2v) is 10.6. The highest BCUT2D eigenvalue weighted by molar-refractivity contribution is 6.07. The van der Waals surface area contributed by atoms with E-state index in [-0.39, 0.29) is 12.0 Å². The molecule has 238 valence electrons. The molecule has 1 atom stereocenters. The van der Waals surface area contributed by atoms with Gasteiger partial charge in [0.15, 0.2) is 11.5 Å². The summed E-state index contributed by atoms with van der Waals surface area (Å²) in [7, 11) is 4.32. The molecule has 3 aromatic carbocycles. The van der Waals surface area contributed by atoms with E-state index in [4.69, 9.17) is 14.2 Å². The second-order valence-electron chi connectivity index (χ2n) is 10.6. The molecular formula is C33H38N4O8. The molecule has 0 radical (unpaired) electrons. The molecule has 0 aromatic heterocycles. The van der Waals surface area contributed by atoms with Gasteiger partial charge in [0.1, 0.15) is 0 Å². The summed E-state index contributed by atoms with van der Waals surface area (Å²) in [5.74, 6) is -1.14. The molecular weight excluding hydrogens is 580 g/mol. The van der Waals surface area contributed by atoms with Gasteiger partial charge in [-0.25, -0.2) is 4.79 Å². The van der Waals surface area contributed by atoms with E-state index in [1.54, 1.807) is 53.4 Å². The van der Waals surface area contributed by atoms with Crippen LogP contribution in [-0.4, -0.2) is 81.4 Å². The van der Waals surface area contributed by atoms with Gasteiger partial charge in [0.25, 0.3) is 11.8 Å². The molecule has 0 spiro atoms. The van der Waals surface area contributed by atoms with E-state index in [0.717, 1.165) is 5.56 Å². The number of benzene rings is 3. The molecule has 0 aliphatic carbocycles. The molecule has 0 bridgehead atoms. The lowest BCUT2D eigenvalue weighted by atomic mass is 10.0. The molecule has 45 heavy (non-hydrogen) atoms. The summed E-state index contributed by atoms with van der Waals surface area (Å²) in [6.45, 7) is 3.90. The van der Waals surface area contributed by atoms with Crippen molar-refractivity contribution in [2.45, 2.75) is 25.8 Å². The standard InChI is InChI=1S/C33H38N4O8/c1-21-6-8-22(9-7-21)25(20-30(38)39)34-31(40)23-10-12-27(36-14-5-15-37(17-16-36)33(42)45-4)26(18-23)35-32(41)24-11-13-28(43-2)29(19-24)44-3/h6-13,18-19,25H,5,14-17,20H2,1-4H3,(H,34,40)(H,35,41)(H,38,39). The predicted octanol–water partition coefficient (Wildman–Crippen LogP) is 4.49. The van der Waals surface area contributed by atoms with Crippen molar-refractivity contribution < 1.29 is 38.5 Å². The van der Waals surface area contributed by atoms with Gasteiger partial charge in [-0.3, -0.25) is 14.4 Å². The smallest absolute Gasteiger partial charge is 0.409 e. The van der Waals surface area contributed by atoms with Crippen molar-refractivity contribution in [2.24, 2.45) is 0 Å². The summed E-state index contributed by atoms with van der Waals surface area (Å²) >= 11 is 0. The fourth-order valence-electron chi connectivity index (χ4n) is 5.16. The highest BCUT2D eigenvalue weighted by atomic mass is 16.5. The maximum Gasteiger partial charge on any atom is 0.409 e. The molecule has 3 aromatic rings. The number of methoxy groups -OCH3 is 3. The Labute approximate surface area is 261 Å². The fraction of sp³-hybridized carbons (Fsp3) is 0.333. The van der Waals surface area contributed by atoms with Gasteiger partial charge in [0.05, 0.1) is 45.2 Å². The number of carboxylic acid groups (broad SMARTS) is 1. The van der Waals surface area contributed by atoms with E-state index in [1.165, 1.54) is 21.3 Å². The first-order valence-corrected chi connectivity index (χ1v) is 14.5. The number of nitrogens with zero attached hydrogens (tertiary/aromatic N) is 2. The molecule has 1 aliphatic rings. The molecule has 3 amide bonds. The average molecular weight is 619 g/mol. The lowest BCUT2D eigenvalue weighted by molar-refractivity contribution is -0.137. The second kappa shape index (κ2) is 15.0. The van der Waals surface area contributed by atoms with Gasteiger partial charge in [0.2, 0.25) is 0 Å². The van der Waals surface area contributed by atoms with Crippen molar-refractivity contribution in [2.75, 3.05) is 57.7 Å². The van der Waals surface area contributed by atoms with Crippen molar-refractivity contribution in [3.63, 3.8) is 0 Å². The lowest BCUT2D eigenvalue weighted by Crippen LogP contribution is -2.35. The monoisotopic (exact) mass is 618 g/mol. The van der Waals surface area contributed by atoms with Crippen LogP contribution in [0, 0.1) is 6.92 Å². The van der Waals surface area contributed by atoms with E-state index in [9.17, 15) is 24.3 Å². The SMILES string of the molecule is COC(=O)N1CCCN(c2ccc(C(=O)NC(CC(=O)O)c3ccc(C)cc3)cc2NC(=O)c2ccc(OC)c(OC)c2)CC1. The quantitative estimate of drug-likeness (QED) is 0.299. The summed E-state index contributed by atoms with van der Waals surface area (Å²) in [5.41, 5.74) is 3.24. The van der Waals surface area contributed by atoms with Gasteiger partial charge in [-0.1, -0.05) is 29.8 Å². The number of hydrogen-bond donors (Lipinski definition) is 3. The molecule has 12 nitrogen and oxygen atoms in total. The fourth-order valence-corrected chi connectivity index (χ4v) is 5.16. The van der Waals surface area contributed by atoms with Crippen LogP contribution >= 0.6 is 0 Å². The van der Waals surface area contributed by atoms with Crippen LogP contribution in [0.15, 0.2) is 60.7 Å². The summed E-state index contributed by atoms with van der Waals surface area (Å²) in [6.07, 6.45) is -0.0519. The molecule has 3 N–H and O–H groups in total. The molecule has 1 aliphatic heterocycles. The summed E-state index contributed by atoms with van der Waals surface area (Å²) in [6, 6.07) is 16.3. The number of rotatable bonds is 10. The van der Waals surface area contributed by atoms with Crippen LogP contribution in [0.25, 0.3) is 0 Å². The first-order valence-electron chi connectivity index (χ1n) is 14.5. The van der Waals surface area contributed by atoms with Gasteiger partial charge in [-0.2, -0.15) is 0 Å². The van der Waals surface area contributed by atoms with E-state index < -0.39 is 29.9 Å². The molecule has 4 rings (SSSR count). The Hall–Kier alpha value is -5.26. The maximum absolute atomic E-state index is 13.5. The van der Waals surface area contributed by atoms with Crippen LogP contribution in [0.3, 0.4) is 0 Å². The normalized spacial score (nSPS) is 13.7. The zero-order valence-corrected chi connectivity index (χ0v) is 25.8. The van der Waals surface area contributed by atoms with Gasteiger partial charge in [0, 0.05) is 37.3 Å². The molecule has 1 heterocycles. The zero-order valence-electron chi connectivity index (χ0n) is 25.8.